The molecule has 0 aromatic heterocycles. The zero-order valence-electron chi connectivity index (χ0n) is 13.6. The normalized spacial score (nSPS) is 24.8. The minimum Gasteiger partial charge on any atom is -0.507 e. The molecule has 1 aliphatic heterocycles. The second-order valence-corrected chi connectivity index (χ2v) is 6.19. The molecular weight excluding hydrogens is 348 g/mol. The van der Waals surface area contributed by atoms with Gasteiger partial charge in [-0.25, -0.2) is 4.79 Å². The first kappa shape index (κ1) is 19.0. The lowest BCUT2D eigenvalue weighted by Gasteiger charge is -2.16. The molecule has 25 heavy (non-hydrogen) atoms. The summed E-state index contributed by atoms with van der Waals surface area (Å²) in [7, 11) is 0. The van der Waals surface area contributed by atoms with E-state index in [2.05, 4.69) is 0 Å². The van der Waals surface area contributed by atoms with E-state index in [1.807, 2.05) is 0 Å². The molecule has 0 spiro atoms. The number of aromatic hydroxyl groups is 2. The average Bonchev–Trinajstić information content (AvgIpc) is 2.51. The Morgan fingerprint density at radius 1 is 1.16 bits per heavy atom. The van der Waals surface area contributed by atoms with Gasteiger partial charge < -0.3 is 20.1 Å². The Morgan fingerprint density at radius 2 is 1.88 bits per heavy atom. The number of phenolic OH excluding ortho intramolecular Hbond substituents is 2. The summed E-state index contributed by atoms with van der Waals surface area (Å²) >= 11 is 6.03. The van der Waals surface area contributed by atoms with Gasteiger partial charge in [-0.1, -0.05) is 29.8 Å². The van der Waals surface area contributed by atoms with E-state index in [0.717, 1.165) is 6.07 Å². The van der Waals surface area contributed by atoms with Crippen molar-refractivity contribution in [2.75, 3.05) is 0 Å². The Morgan fingerprint density at radius 3 is 2.60 bits per heavy atom. The second kappa shape index (κ2) is 8.18. The molecule has 1 aromatic carbocycles. The number of ether oxygens (including phenoxy) is 1. The molecule has 2 atom stereocenters. The van der Waals surface area contributed by atoms with Gasteiger partial charge in [0.25, 0.3) is 0 Å². The Kier molecular flexibility index (Phi) is 6.22. The number of ketones is 1. The van der Waals surface area contributed by atoms with Crippen LogP contribution in [-0.4, -0.2) is 39.3 Å². The highest BCUT2D eigenvalue weighted by Crippen LogP contribution is 2.37. The summed E-state index contributed by atoms with van der Waals surface area (Å²) in [5, 5.41) is 29.4. The van der Waals surface area contributed by atoms with Crippen LogP contribution in [0, 0.1) is 0 Å². The second-order valence-electron chi connectivity index (χ2n) is 5.81. The van der Waals surface area contributed by atoms with E-state index in [0.29, 0.717) is 6.42 Å². The number of cyclic esters (lactones) is 1. The first-order chi connectivity index (χ1) is 11.8. The maximum Gasteiger partial charge on any atom is 0.342 e. The molecule has 0 fully saturated rings. The van der Waals surface area contributed by atoms with E-state index in [1.54, 1.807) is 19.1 Å². The molecule has 3 N–H and O–H groups in total. The van der Waals surface area contributed by atoms with Crippen LogP contribution >= 0.6 is 11.6 Å². The predicted molar refractivity (Wildman–Crippen MR) is 91.9 cm³/mol. The van der Waals surface area contributed by atoms with Gasteiger partial charge in [0.15, 0.2) is 5.78 Å². The Hall–Kier alpha value is -2.31. The van der Waals surface area contributed by atoms with Crippen LogP contribution in [0.15, 0.2) is 30.4 Å². The quantitative estimate of drug-likeness (QED) is 0.481. The monoisotopic (exact) mass is 366 g/mol. The van der Waals surface area contributed by atoms with Crippen LogP contribution in [0.2, 0.25) is 5.02 Å². The molecule has 0 saturated carbocycles. The number of hydrogen-bond acceptors (Lipinski definition) is 6. The minimum atomic E-state index is -0.843. The summed E-state index contributed by atoms with van der Waals surface area (Å²) in [6, 6.07) is 0.937. The molecule has 1 aliphatic rings. The van der Waals surface area contributed by atoms with Crippen LogP contribution in [0.5, 0.6) is 11.5 Å². The molecule has 0 saturated heterocycles. The van der Waals surface area contributed by atoms with Gasteiger partial charge >= 0.3 is 5.97 Å². The molecule has 2 rings (SSSR count). The molecule has 0 radical (unpaired) electrons. The van der Waals surface area contributed by atoms with Gasteiger partial charge in [0.2, 0.25) is 0 Å². The van der Waals surface area contributed by atoms with Crippen molar-refractivity contribution in [1.29, 1.82) is 0 Å². The van der Waals surface area contributed by atoms with Crippen molar-refractivity contribution < 1.29 is 29.6 Å². The minimum absolute atomic E-state index is 0.000772. The third kappa shape index (κ3) is 4.84. The predicted octanol–water partition coefficient (Wildman–Crippen LogP) is 2.68. The summed E-state index contributed by atoms with van der Waals surface area (Å²) in [6.07, 6.45) is 5.06. The number of fused-ring (bicyclic) bond motifs is 1. The number of aliphatic hydroxyl groups excluding tert-OH is 1. The molecule has 0 amide bonds. The van der Waals surface area contributed by atoms with Crippen molar-refractivity contribution in [2.24, 2.45) is 0 Å². The van der Waals surface area contributed by atoms with Crippen molar-refractivity contribution >= 4 is 23.4 Å². The third-order valence-electron chi connectivity index (χ3n) is 3.69. The first-order valence-corrected chi connectivity index (χ1v) is 8.15. The summed E-state index contributed by atoms with van der Waals surface area (Å²) in [6.45, 7) is 1.66. The van der Waals surface area contributed by atoms with Gasteiger partial charge in [-0.3, -0.25) is 4.79 Å². The summed E-state index contributed by atoms with van der Waals surface area (Å²) in [5.41, 5.74) is -0.239. The highest BCUT2D eigenvalue weighted by atomic mass is 35.5. The van der Waals surface area contributed by atoms with Crippen molar-refractivity contribution in [1.82, 2.24) is 0 Å². The molecule has 1 heterocycles. The number of hydrogen-bond donors (Lipinski definition) is 3. The molecule has 134 valence electrons. The third-order valence-corrected chi connectivity index (χ3v) is 4.11. The molecule has 0 bridgehead atoms. The van der Waals surface area contributed by atoms with E-state index >= 15 is 0 Å². The van der Waals surface area contributed by atoms with E-state index in [1.165, 1.54) is 12.2 Å². The molecule has 6 nitrogen and oxygen atoms in total. The van der Waals surface area contributed by atoms with Crippen molar-refractivity contribution in [3.63, 3.8) is 0 Å². The Labute approximate surface area is 150 Å². The Bertz CT molecular complexity index is 738. The lowest BCUT2D eigenvalue weighted by atomic mass is 9.99. The number of allylic oxidation sites excluding steroid dienone is 1. The summed E-state index contributed by atoms with van der Waals surface area (Å²) in [5.74, 6) is -2.19. The number of carbonyl (C=O) groups is 2. The van der Waals surface area contributed by atoms with Gasteiger partial charge in [-0.05, 0) is 19.4 Å². The van der Waals surface area contributed by atoms with E-state index in [-0.39, 0.29) is 29.0 Å². The number of phenols is 2. The highest BCUT2D eigenvalue weighted by molar-refractivity contribution is 6.33. The largest absolute Gasteiger partial charge is 0.507 e. The van der Waals surface area contributed by atoms with Crippen LogP contribution in [-0.2, 0) is 16.0 Å². The summed E-state index contributed by atoms with van der Waals surface area (Å²) < 4.78 is 5.27. The van der Waals surface area contributed by atoms with Gasteiger partial charge in [-0.2, -0.15) is 0 Å². The number of benzene rings is 1. The van der Waals surface area contributed by atoms with E-state index in [4.69, 9.17) is 16.3 Å². The van der Waals surface area contributed by atoms with Crippen LogP contribution in [0.1, 0.15) is 35.7 Å². The van der Waals surface area contributed by atoms with Crippen molar-refractivity contribution in [3.05, 3.63) is 46.5 Å². The zero-order valence-corrected chi connectivity index (χ0v) is 14.4. The topological polar surface area (TPSA) is 104 Å². The molecule has 1 unspecified atom stereocenters. The highest BCUT2D eigenvalue weighted by Gasteiger charge is 2.25. The van der Waals surface area contributed by atoms with Gasteiger partial charge in [-0.15, -0.1) is 0 Å². The number of halogens is 1. The van der Waals surface area contributed by atoms with E-state index < -0.39 is 35.5 Å². The lowest BCUT2D eigenvalue weighted by molar-refractivity contribution is -0.114. The summed E-state index contributed by atoms with van der Waals surface area (Å²) in [4.78, 5) is 24.5. The van der Waals surface area contributed by atoms with Gasteiger partial charge in [0.1, 0.15) is 23.2 Å². The van der Waals surface area contributed by atoms with Gasteiger partial charge in [0, 0.05) is 24.5 Å². The number of carbonyl (C=O) groups excluding carboxylic acids is 2. The Balaban J connectivity index is 2.49. The molecule has 1 aromatic rings. The van der Waals surface area contributed by atoms with Crippen LogP contribution in [0.25, 0.3) is 0 Å². The standard InChI is InChI=1S/C18H19ClO6/c1-10-4-2-5-11(20)6-3-7-12(21)8-13-16(18(24)25-10)14(22)9-15(23)17(13)19/h2-3,5,7,9-11,20,22-23H,4,6,8H2,1H3/b5-2-,7-3-/t10-,11?/m1/s1. The molecule has 0 aliphatic carbocycles. The van der Waals surface area contributed by atoms with Crippen molar-refractivity contribution in [2.45, 2.75) is 38.4 Å². The number of esters is 1. The molecular formula is C18H19ClO6. The number of rotatable bonds is 0. The zero-order chi connectivity index (χ0) is 18.6. The van der Waals surface area contributed by atoms with Crippen LogP contribution < -0.4 is 0 Å². The number of aliphatic hydroxyl groups is 1. The maximum atomic E-state index is 12.4. The van der Waals surface area contributed by atoms with Gasteiger partial charge in [0.05, 0.1) is 11.1 Å². The fourth-order valence-electron chi connectivity index (χ4n) is 2.45. The van der Waals surface area contributed by atoms with E-state index in [9.17, 15) is 24.9 Å². The molecule has 7 heteroatoms. The smallest absolute Gasteiger partial charge is 0.342 e. The van der Waals surface area contributed by atoms with Crippen molar-refractivity contribution in [3.8, 4) is 11.5 Å². The first-order valence-electron chi connectivity index (χ1n) is 7.78. The van der Waals surface area contributed by atoms with Crippen LogP contribution in [0.4, 0.5) is 0 Å². The average molecular weight is 367 g/mol. The van der Waals surface area contributed by atoms with Crippen LogP contribution in [0.3, 0.4) is 0 Å². The fraction of sp³-hybridized carbons (Fsp3) is 0.333. The SMILES string of the molecule is C[C@@H]1C/C=C\C(O)C/C=C\C(=O)Cc2c(Cl)c(O)cc(O)c2C(=O)O1. The lowest BCUT2D eigenvalue weighted by Crippen LogP contribution is -2.18. The fourth-order valence-corrected chi connectivity index (χ4v) is 2.66. The maximum absolute atomic E-state index is 12.4.